The van der Waals surface area contributed by atoms with Crippen LogP contribution in [-0.4, -0.2) is 56.4 Å². The predicted molar refractivity (Wildman–Crippen MR) is 215 cm³/mol. The quantitative estimate of drug-likeness (QED) is 0.0462. The first-order valence-corrected chi connectivity index (χ1v) is 20.0. The Balaban J connectivity index is 1.44. The SMILES string of the molecule is CCCCCCN=C(NCCCCCC)OC[C@H]1O[C@@H](Oc2ccccc2)[C@H](OCc2ccccc2)[C@@H](OCc2ccccc2)[C@@H]1OCc1ccccc1. The molecule has 1 heterocycles. The number of unbranched alkanes of at least 4 members (excludes halogenated alkanes) is 6. The lowest BCUT2D eigenvalue weighted by molar-refractivity contribution is -0.307. The van der Waals surface area contributed by atoms with Crippen molar-refractivity contribution < 1.29 is 28.4 Å². The van der Waals surface area contributed by atoms with Gasteiger partial charge in [0.1, 0.15) is 36.8 Å². The van der Waals surface area contributed by atoms with Crippen molar-refractivity contribution in [2.24, 2.45) is 4.99 Å². The van der Waals surface area contributed by atoms with Gasteiger partial charge in [0.2, 0.25) is 6.29 Å². The lowest BCUT2D eigenvalue weighted by Crippen LogP contribution is -2.62. The van der Waals surface area contributed by atoms with Gasteiger partial charge in [-0.1, -0.05) is 162 Å². The Morgan fingerprint density at radius 1 is 0.574 bits per heavy atom. The van der Waals surface area contributed by atoms with Crippen molar-refractivity contribution in [1.82, 2.24) is 5.32 Å². The second-order valence-electron chi connectivity index (χ2n) is 13.8. The number of aliphatic imine (C=N–C) groups is 1. The summed E-state index contributed by atoms with van der Waals surface area (Å²) < 4.78 is 40.5. The Morgan fingerprint density at radius 2 is 1.07 bits per heavy atom. The van der Waals surface area contributed by atoms with Gasteiger partial charge in [-0.15, -0.1) is 0 Å². The fraction of sp³-hybridized carbons (Fsp3) is 0.457. The summed E-state index contributed by atoms with van der Waals surface area (Å²) in [5, 5.41) is 3.48. The fourth-order valence-electron chi connectivity index (χ4n) is 6.39. The number of para-hydroxylation sites is 1. The monoisotopic (exact) mass is 736 g/mol. The van der Waals surface area contributed by atoms with Crippen LogP contribution in [0.2, 0.25) is 0 Å². The summed E-state index contributed by atoms with van der Waals surface area (Å²) in [7, 11) is 0. The third-order valence-electron chi connectivity index (χ3n) is 9.40. The zero-order valence-electron chi connectivity index (χ0n) is 32.2. The van der Waals surface area contributed by atoms with E-state index in [2.05, 4.69) is 55.6 Å². The average molecular weight is 737 g/mol. The lowest BCUT2D eigenvalue weighted by Gasteiger charge is -2.45. The molecular formula is C46H60N2O6. The molecule has 0 bridgehead atoms. The van der Waals surface area contributed by atoms with Crippen LogP contribution in [0.5, 0.6) is 5.75 Å². The first kappa shape index (κ1) is 41.0. The van der Waals surface area contributed by atoms with E-state index >= 15 is 0 Å². The third kappa shape index (κ3) is 14.2. The van der Waals surface area contributed by atoms with Crippen LogP contribution in [0.4, 0.5) is 0 Å². The molecule has 4 aromatic rings. The van der Waals surface area contributed by atoms with Crippen LogP contribution in [0.3, 0.4) is 0 Å². The Labute approximate surface area is 323 Å². The maximum Gasteiger partial charge on any atom is 0.284 e. The van der Waals surface area contributed by atoms with Gasteiger partial charge in [-0.25, -0.2) is 4.99 Å². The van der Waals surface area contributed by atoms with Crippen LogP contribution >= 0.6 is 0 Å². The number of ether oxygens (including phenoxy) is 6. The molecule has 54 heavy (non-hydrogen) atoms. The van der Waals surface area contributed by atoms with E-state index in [-0.39, 0.29) is 6.61 Å². The molecule has 0 aliphatic carbocycles. The second kappa shape index (κ2) is 24.2. The summed E-state index contributed by atoms with van der Waals surface area (Å²) in [6.07, 6.45) is 5.98. The molecule has 0 aromatic heterocycles. The van der Waals surface area contributed by atoms with Gasteiger partial charge in [0.05, 0.1) is 19.8 Å². The van der Waals surface area contributed by atoms with Crippen LogP contribution in [0.1, 0.15) is 81.9 Å². The van der Waals surface area contributed by atoms with E-state index < -0.39 is 30.7 Å². The highest BCUT2D eigenvalue weighted by atomic mass is 16.7. The molecular weight excluding hydrogens is 677 g/mol. The van der Waals surface area contributed by atoms with Gasteiger partial charge in [0.25, 0.3) is 6.02 Å². The molecule has 0 saturated carbocycles. The zero-order chi connectivity index (χ0) is 37.5. The van der Waals surface area contributed by atoms with Gasteiger partial charge in [-0.05, 0) is 41.7 Å². The second-order valence-corrected chi connectivity index (χ2v) is 13.8. The molecule has 4 aromatic carbocycles. The summed E-state index contributed by atoms with van der Waals surface area (Å²) >= 11 is 0. The van der Waals surface area contributed by atoms with Crippen LogP contribution in [0, 0.1) is 0 Å². The van der Waals surface area contributed by atoms with Gasteiger partial charge in [-0.2, -0.15) is 0 Å². The van der Waals surface area contributed by atoms with Crippen LogP contribution in [-0.2, 0) is 43.5 Å². The summed E-state index contributed by atoms with van der Waals surface area (Å²) in [6, 6.07) is 40.7. The minimum absolute atomic E-state index is 0.181. The van der Waals surface area contributed by atoms with Crippen molar-refractivity contribution in [1.29, 1.82) is 0 Å². The summed E-state index contributed by atoms with van der Waals surface area (Å²) in [6.45, 7) is 7.19. The van der Waals surface area contributed by atoms with Gasteiger partial charge >= 0.3 is 0 Å². The molecule has 8 nitrogen and oxygen atoms in total. The minimum Gasteiger partial charge on any atom is -0.462 e. The molecule has 0 radical (unpaired) electrons. The fourth-order valence-corrected chi connectivity index (χ4v) is 6.39. The normalized spacial score (nSPS) is 20.0. The third-order valence-corrected chi connectivity index (χ3v) is 9.40. The first-order chi connectivity index (χ1) is 26.7. The molecule has 1 aliphatic rings. The highest BCUT2D eigenvalue weighted by Gasteiger charge is 2.50. The molecule has 5 atom stereocenters. The van der Waals surface area contributed by atoms with E-state index in [1.807, 2.05) is 84.9 Å². The van der Waals surface area contributed by atoms with E-state index in [0.717, 1.165) is 48.9 Å². The Morgan fingerprint density at radius 3 is 1.63 bits per heavy atom. The molecule has 5 rings (SSSR count). The van der Waals surface area contributed by atoms with Gasteiger partial charge in [-0.3, -0.25) is 0 Å². The van der Waals surface area contributed by atoms with Gasteiger partial charge in [0.15, 0.2) is 0 Å². The number of benzene rings is 4. The van der Waals surface area contributed by atoms with E-state index in [9.17, 15) is 0 Å². The maximum absolute atomic E-state index is 6.88. The molecule has 0 unspecified atom stereocenters. The van der Waals surface area contributed by atoms with E-state index in [4.69, 9.17) is 33.4 Å². The number of hydrogen-bond donors (Lipinski definition) is 1. The number of nitrogens with one attached hydrogen (secondary N) is 1. The predicted octanol–water partition coefficient (Wildman–Crippen LogP) is 9.67. The first-order valence-electron chi connectivity index (χ1n) is 20.0. The molecule has 8 heteroatoms. The van der Waals surface area contributed by atoms with Crippen molar-refractivity contribution in [3.63, 3.8) is 0 Å². The lowest BCUT2D eigenvalue weighted by atomic mass is 9.97. The average Bonchev–Trinajstić information content (AvgIpc) is 3.22. The summed E-state index contributed by atoms with van der Waals surface area (Å²) in [5.41, 5.74) is 3.13. The summed E-state index contributed by atoms with van der Waals surface area (Å²) in [5.74, 6) is 0.670. The van der Waals surface area contributed by atoms with Gasteiger partial charge in [0, 0.05) is 13.1 Å². The van der Waals surface area contributed by atoms with Gasteiger partial charge < -0.3 is 33.7 Å². The van der Waals surface area contributed by atoms with Crippen LogP contribution < -0.4 is 10.1 Å². The Kier molecular flexibility index (Phi) is 18.4. The number of amidine groups is 1. The number of nitrogens with zero attached hydrogens (tertiary/aromatic N) is 1. The standard InChI is InChI=1S/C46H60N2O6/c1-3-5-7-21-31-47-46(48-32-22-8-6-4-2)52-36-41-42(49-33-37-23-13-9-14-24-37)43(50-34-38-25-15-10-16-26-38)44(51-35-39-27-17-11-18-28-39)45(54-41)53-40-29-19-12-20-30-40/h9-20,23-30,41-45H,3-8,21-22,31-36H2,1-2H3,(H,47,48)/t41-,42-,43+,44-,45-/m1/s1. The Bertz CT molecular complexity index is 1560. The number of hydrogen-bond acceptors (Lipinski definition) is 7. The highest BCUT2D eigenvalue weighted by Crippen LogP contribution is 2.32. The summed E-state index contributed by atoms with van der Waals surface area (Å²) in [4.78, 5) is 4.88. The largest absolute Gasteiger partial charge is 0.462 e. The molecule has 0 spiro atoms. The van der Waals surface area contributed by atoms with Crippen molar-refractivity contribution in [2.45, 2.75) is 116 Å². The van der Waals surface area contributed by atoms with E-state index in [1.54, 1.807) is 0 Å². The maximum atomic E-state index is 6.88. The zero-order valence-corrected chi connectivity index (χ0v) is 32.2. The molecule has 1 fully saturated rings. The van der Waals surface area contributed by atoms with Crippen molar-refractivity contribution in [3.8, 4) is 5.75 Å². The number of rotatable bonds is 23. The van der Waals surface area contributed by atoms with E-state index in [1.165, 1.54) is 25.7 Å². The minimum atomic E-state index is -0.821. The van der Waals surface area contributed by atoms with E-state index in [0.29, 0.717) is 38.1 Å². The smallest absolute Gasteiger partial charge is 0.284 e. The van der Waals surface area contributed by atoms with Crippen LogP contribution in [0.25, 0.3) is 0 Å². The molecule has 1 N–H and O–H groups in total. The van der Waals surface area contributed by atoms with Crippen molar-refractivity contribution in [2.75, 3.05) is 19.7 Å². The van der Waals surface area contributed by atoms with Crippen LogP contribution in [0.15, 0.2) is 126 Å². The topological polar surface area (TPSA) is 79.8 Å². The molecule has 1 aliphatic heterocycles. The molecule has 290 valence electrons. The van der Waals surface area contributed by atoms with Crippen molar-refractivity contribution >= 4 is 6.02 Å². The molecule has 0 amide bonds. The Hall–Kier alpha value is -4.21. The highest BCUT2D eigenvalue weighted by molar-refractivity contribution is 5.73. The van der Waals surface area contributed by atoms with Crippen molar-refractivity contribution in [3.05, 3.63) is 138 Å². The molecule has 1 saturated heterocycles.